The highest BCUT2D eigenvalue weighted by Crippen LogP contribution is 2.52. The Kier molecular flexibility index (Phi) is 2.32. The lowest BCUT2D eigenvalue weighted by Gasteiger charge is -2.21. The molecule has 2 heteroatoms. The zero-order chi connectivity index (χ0) is 10.3. The zero-order valence-corrected chi connectivity index (χ0v) is 9.38. The van der Waals surface area contributed by atoms with Gasteiger partial charge in [0.25, 0.3) is 0 Å². The summed E-state index contributed by atoms with van der Waals surface area (Å²) >= 11 is 5.87. The lowest BCUT2D eigenvalue weighted by atomic mass is 9.84. The second-order valence-electron chi connectivity index (χ2n) is 4.51. The molecule has 14 heavy (non-hydrogen) atoms. The van der Waals surface area contributed by atoms with Crippen LogP contribution in [0.3, 0.4) is 0 Å². The first-order chi connectivity index (χ1) is 6.57. The minimum atomic E-state index is 0.213. The second kappa shape index (κ2) is 3.25. The SMILES string of the molecule is CC(C)C1(c2ccc(Cl)cc2)C[C@H]1N. The fourth-order valence-electron chi connectivity index (χ4n) is 2.39. The van der Waals surface area contributed by atoms with Gasteiger partial charge in [-0.1, -0.05) is 37.6 Å². The molecule has 1 nitrogen and oxygen atoms in total. The summed E-state index contributed by atoms with van der Waals surface area (Å²) in [5, 5.41) is 0.793. The maximum Gasteiger partial charge on any atom is 0.0406 e. The Bertz CT molecular complexity index is 331. The smallest absolute Gasteiger partial charge is 0.0406 e. The van der Waals surface area contributed by atoms with Crippen molar-refractivity contribution >= 4 is 11.6 Å². The van der Waals surface area contributed by atoms with E-state index in [-0.39, 0.29) is 5.41 Å². The minimum Gasteiger partial charge on any atom is -0.327 e. The molecule has 0 aliphatic heterocycles. The van der Waals surface area contributed by atoms with E-state index in [9.17, 15) is 0 Å². The van der Waals surface area contributed by atoms with E-state index in [4.69, 9.17) is 17.3 Å². The molecule has 2 N–H and O–H groups in total. The van der Waals surface area contributed by atoms with Crippen LogP contribution >= 0.6 is 11.6 Å². The van der Waals surface area contributed by atoms with Crippen LogP contribution in [0.4, 0.5) is 0 Å². The van der Waals surface area contributed by atoms with E-state index in [2.05, 4.69) is 26.0 Å². The molecule has 1 fully saturated rings. The van der Waals surface area contributed by atoms with Crippen LogP contribution in [-0.2, 0) is 5.41 Å². The molecule has 1 aliphatic carbocycles. The fraction of sp³-hybridized carbons (Fsp3) is 0.500. The van der Waals surface area contributed by atoms with E-state index in [1.54, 1.807) is 0 Å². The quantitative estimate of drug-likeness (QED) is 0.797. The third kappa shape index (κ3) is 1.35. The highest BCUT2D eigenvalue weighted by molar-refractivity contribution is 6.30. The van der Waals surface area contributed by atoms with Crippen LogP contribution in [0.2, 0.25) is 5.02 Å². The molecule has 1 aromatic rings. The van der Waals surface area contributed by atoms with E-state index in [0.717, 1.165) is 11.4 Å². The van der Waals surface area contributed by atoms with Gasteiger partial charge < -0.3 is 5.73 Å². The molecule has 0 aromatic heterocycles. The van der Waals surface area contributed by atoms with Crippen LogP contribution in [0.5, 0.6) is 0 Å². The van der Waals surface area contributed by atoms with Gasteiger partial charge in [0, 0.05) is 16.5 Å². The van der Waals surface area contributed by atoms with Gasteiger partial charge in [0.15, 0.2) is 0 Å². The van der Waals surface area contributed by atoms with Gasteiger partial charge in [-0.25, -0.2) is 0 Å². The molecule has 1 aromatic carbocycles. The largest absolute Gasteiger partial charge is 0.327 e. The Morgan fingerprint density at radius 1 is 1.36 bits per heavy atom. The van der Waals surface area contributed by atoms with Crippen LogP contribution in [0.15, 0.2) is 24.3 Å². The highest BCUT2D eigenvalue weighted by atomic mass is 35.5. The number of nitrogens with two attached hydrogens (primary N) is 1. The van der Waals surface area contributed by atoms with Gasteiger partial charge in [0.05, 0.1) is 0 Å². The molecule has 2 rings (SSSR count). The van der Waals surface area contributed by atoms with Crippen LogP contribution in [-0.4, -0.2) is 6.04 Å². The van der Waals surface area contributed by atoms with Gasteiger partial charge in [-0.3, -0.25) is 0 Å². The summed E-state index contributed by atoms with van der Waals surface area (Å²) < 4.78 is 0. The molecular weight excluding hydrogens is 194 g/mol. The Morgan fingerprint density at radius 3 is 2.21 bits per heavy atom. The molecule has 1 saturated carbocycles. The van der Waals surface area contributed by atoms with Crippen LogP contribution in [0.1, 0.15) is 25.8 Å². The molecule has 0 amide bonds. The first kappa shape index (κ1) is 10.0. The van der Waals surface area contributed by atoms with Crippen molar-refractivity contribution in [1.29, 1.82) is 0 Å². The lowest BCUT2D eigenvalue weighted by Crippen LogP contribution is -2.24. The van der Waals surface area contributed by atoms with E-state index in [1.165, 1.54) is 5.56 Å². The monoisotopic (exact) mass is 209 g/mol. The van der Waals surface area contributed by atoms with Crippen molar-refractivity contribution in [3.05, 3.63) is 34.9 Å². The average Bonchev–Trinajstić information content (AvgIpc) is 2.80. The van der Waals surface area contributed by atoms with E-state index in [1.807, 2.05) is 12.1 Å². The third-order valence-electron chi connectivity index (χ3n) is 3.47. The Labute approximate surface area is 90.3 Å². The van der Waals surface area contributed by atoms with Crippen LogP contribution < -0.4 is 5.73 Å². The summed E-state index contributed by atoms with van der Waals surface area (Å²) in [6.45, 7) is 4.48. The zero-order valence-electron chi connectivity index (χ0n) is 8.63. The van der Waals surface area contributed by atoms with Crippen molar-refractivity contribution in [1.82, 2.24) is 0 Å². The van der Waals surface area contributed by atoms with Crippen molar-refractivity contribution in [2.24, 2.45) is 11.7 Å². The van der Waals surface area contributed by atoms with Crippen molar-refractivity contribution in [2.75, 3.05) is 0 Å². The Hall–Kier alpha value is -0.530. The fourth-order valence-corrected chi connectivity index (χ4v) is 2.52. The first-order valence-electron chi connectivity index (χ1n) is 5.09. The number of halogens is 1. The van der Waals surface area contributed by atoms with Gasteiger partial charge in [-0.15, -0.1) is 0 Å². The summed E-state index contributed by atoms with van der Waals surface area (Å²) in [6, 6.07) is 8.44. The van der Waals surface area contributed by atoms with Crippen molar-refractivity contribution in [2.45, 2.75) is 31.7 Å². The summed E-state index contributed by atoms with van der Waals surface area (Å²) in [5.41, 5.74) is 7.59. The maximum absolute atomic E-state index is 6.04. The predicted octanol–water partition coefficient (Wildman–Crippen LogP) is 2.96. The Morgan fingerprint density at radius 2 is 1.86 bits per heavy atom. The molecule has 76 valence electrons. The first-order valence-corrected chi connectivity index (χ1v) is 5.47. The summed E-state index contributed by atoms with van der Waals surface area (Å²) in [7, 11) is 0. The summed E-state index contributed by atoms with van der Waals surface area (Å²) in [5.74, 6) is 0.596. The van der Waals surface area contributed by atoms with Gasteiger partial charge in [-0.2, -0.15) is 0 Å². The van der Waals surface area contributed by atoms with Crippen LogP contribution in [0.25, 0.3) is 0 Å². The van der Waals surface area contributed by atoms with Crippen LogP contribution in [0, 0.1) is 5.92 Å². The topological polar surface area (TPSA) is 26.0 Å². The normalized spacial score (nSPS) is 30.8. The van der Waals surface area contributed by atoms with Gasteiger partial charge >= 0.3 is 0 Å². The number of hydrogen-bond acceptors (Lipinski definition) is 1. The third-order valence-corrected chi connectivity index (χ3v) is 3.72. The van der Waals surface area contributed by atoms with E-state index in [0.29, 0.717) is 12.0 Å². The molecule has 0 radical (unpaired) electrons. The number of rotatable bonds is 2. The predicted molar refractivity (Wildman–Crippen MR) is 60.6 cm³/mol. The molecule has 2 atom stereocenters. The maximum atomic E-state index is 6.04. The van der Waals surface area contributed by atoms with E-state index < -0.39 is 0 Å². The summed E-state index contributed by atoms with van der Waals surface area (Å²) in [6.07, 6.45) is 1.10. The van der Waals surface area contributed by atoms with Gasteiger partial charge in [-0.05, 0) is 30.0 Å². The number of benzene rings is 1. The molecule has 0 spiro atoms. The van der Waals surface area contributed by atoms with Crippen molar-refractivity contribution < 1.29 is 0 Å². The highest BCUT2D eigenvalue weighted by Gasteiger charge is 2.54. The lowest BCUT2D eigenvalue weighted by molar-refractivity contribution is 0.466. The Balaban J connectivity index is 2.34. The molecule has 1 aliphatic rings. The van der Waals surface area contributed by atoms with Crippen molar-refractivity contribution in [3.63, 3.8) is 0 Å². The second-order valence-corrected chi connectivity index (χ2v) is 4.95. The van der Waals surface area contributed by atoms with Crippen molar-refractivity contribution in [3.8, 4) is 0 Å². The molecule has 0 saturated heterocycles. The number of hydrogen-bond donors (Lipinski definition) is 1. The molecule has 0 bridgehead atoms. The molecule has 1 unspecified atom stereocenters. The van der Waals surface area contributed by atoms with E-state index >= 15 is 0 Å². The van der Waals surface area contributed by atoms with Gasteiger partial charge in [0.2, 0.25) is 0 Å². The summed E-state index contributed by atoms with van der Waals surface area (Å²) in [4.78, 5) is 0. The average molecular weight is 210 g/mol. The molecule has 0 heterocycles. The standard InChI is InChI=1S/C12H16ClN/c1-8(2)12(7-11(12)14)9-3-5-10(13)6-4-9/h3-6,8,11H,7,14H2,1-2H3/t11-,12?/m1/s1. The van der Waals surface area contributed by atoms with Gasteiger partial charge in [0.1, 0.15) is 0 Å². The molecular formula is C12H16ClN. The minimum absolute atomic E-state index is 0.213.